The van der Waals surface area contributed by atoms with Crippen LogP contribution in [0.15, 0.2) is 30.5 Å². The number of carbonyl (C=O) groups is 1. The second kappa shape index (κ2) is 6.59. The van der Waals surface area contributed by atoms with Crippen molar-refractivity contribution in [2.24, 2.45) is 0 Å². The number of rotatable bonds is 6. The summed E-state index contributed by atoms with van der Waals surface area (Å²) in [6.45, 7) is 2.05. The molecule has 1 heterocycles. The molecule has 0 amide bonds. The minimum absolute atomic E-state index is 0.0658. The van der Waals surface area contributed by atoms with Crippen LogP contribution >= 0.6 is 11.8 Å². The number of carbonyl (C=O) groups excluding carboxylic acids is 1. The topological polar surface area (TPSA) is 49.9 Å². The van der Waals surface area contributed by atoms with Crippen LogP contribution in [0.25, 0.3) is 10.9 Å². The Morgan fingerprint density at radius 2 is 2.10 bits per heavy atom. The SMILES string of the molecule is CSC(C(=O)CC(C)c1c[nH]c2ccccc12)S(C)=O. The van der Waals surface area contributed by atoms with E-state index in [1.807, 2.05) is 37.6 Å². The van der Waals surface area contributed by atoms with Gasteiger partial charge in [-0.2, -0.15) is 0 Å². The van der Waals surface area contributed by atoms with Gasteiger partial charge in [0.25, 0.3) is 0 Å². The zero-order valence-corrected chi connectivity index (χ0v) is 13.5. The second-order valence-corrected chi connectivity index (χ2v) is 7.64. The predicted octanol–water partition coefficient (Wildman–Crippen LogP) is 3.30. The van der Waals surface area contributed by atoms with E-state index in [2.05, 4.69) is 11.1 Å². The Bertz CT molecular complexity index is 636. The lowest BCUT2D eigenvalue weighted by Gasteiger charge is -2.14. The van der Waals surface area contributed by atoms with Crippen LogP contribution in [0.3, 0.4) is 0 Å². The first-order valence-electron chi connectivity index (χ1n) is 6.48. The molecular formula is C15H19NO2S2. The van der Waals surface area contributed by atoms with E-state index >= 15 is 0 Å². The highest BCUT2D eigenvalue weighted by molar-refractivity contribution is 8.11. The summed E-state index contributed by atoms with van der Waals surface area (Å²) in [5, 5.41) is 1.16. The van der Waals surface area contributed by atoms with Gasteiger partial charge >= 0.3 is 0 Å². The minimum atomic E-state index is -1.12. The Kier molecular flexibility index (Phi) is 5.05. The molecule has 3 nitrogen and oxygen atoms in total. The summed E-state index contributed by atoms with van der Waals surface area (Å²) in [6.07, 6.45) is 5.82. The largest absolute Gasteiger partial charge is 0.361 e. The number of aromatic nitrogens is 1. The quantitative estimate of drug-likeness (QED) is 0.890. The number of ketones is 1. The van der Waals surface area contributed by atoms with Crippen molar-refractivity contribution in [2.75, 3.05) is 12.5 Å². The molecule has 0 radical (unpaired) electrons. The van der Waals surface area contributed by atoms with E-state index in [1.54, 1.807) is 6.26 Å². The lowest BCUT2D eigenvalue weighted by Crippen LogP contribution is -2.22. The molecule has 5 heteroatoms. The molecule has 0 saturated carbocycles. The van der Waals surface area contributed by atoms with Crippen LogP contribution < -0.4 is 0 Å². The minimum Gasteiger partial charge on any atom is -0.361 e. The summed E-state index contributed by atoms with van der Waals surface area (Å²) in [5.41, 5.74) is 2.23. The number of fused-ring (bicyclic) bond motifs is 1. The van der Waals surface area contributed by atoms with Gasteiger partial charge in [0.05, 0.1) is 0 Å². The van der Waals surface area contributed by atoms with Crippen molar-refractivity contribution in [2.45, 2.75) is 23.8 Å². The summed E-state index contributed by atoms with van der Waals surface area (Å²) in [4.78, 5) is 15.5. The van der Waals surface area contributed by atoms with Crippen molar-refractivity contribution in [3.63, 3.8) is 0 Å². The van der Waals surface area contributed by atoms with Crippen molar-refractivity contribution >= 4 is 39.2 Å². The van der Waals surface area contributed by atoms with E-state index in [0.717, 1.165) is 16.5 Å². The summed E-state index contributed by atoms with van der Waals surface area (Å²) in [6, 6.07) is 8.08. The molecular weight excluding hydrogens is 290 g/mol. The third kappa shape index (κ3) is 3.15. The Hall–Kier alpha value is -1.07. The molecule has 1 aromatic carbocycles. The highest BCUT2D eigenvalue weighted by Crippen LogP contribution is 2.29. The Balaban J connectivity index is 2.18. The van der Waals surface area contributed by atoms with E-state index in [0.29, 0.717) is 6.42 Å². The van der Waals surface area contributed by atoms with Gasteiger partial charge in [-0.1, -0.05) is 25.1 Å². The number of H-pyrrole nitrogens is 1. The Morgan fingerprint density at radius 1 is 1.40 bits per heavy atom. The average Bonchev–Trinajstić information content (AvgIpc) is 2.82. The standard InChI is InChI=1S/C15H19NO2S2/c1-10(8-14(17)15(19-2)20(3)18)12-9-16-13-7-5-4-6-11(12)13/h4-7,9-10,15-16H,8H2,1-3H3. The van der Waals surface area contributed by atoms with Crippen LogP contribution in [0, 0.1) is 0 Å². The van der Waals surface area contributed by atoms with E-state index in [-0.39, 0.29) is 11.7 Å². The van der Waals surface area contributed by atoms with Gasteiger partial charge in [0.1, 0.15) is 4.58 Å². The van der Waals surface area contributed by atoms with Crippen molar-refractivity contribution in [1.82, 2.24) is 4.98 Å². The lowest BCUT2D eigenvalue weighted by molar-refractivity contribution is -0.117. The van der Waals surface area contributed by atoms with Gasteiger partial charge in [-0.3, -0.25) is 9.00 Å². The first-order valence-corrected chi connectivity index (χ1v) is 9.39. The molecule has 0 saturated heterocycles. The lowest BCUT2D eigenvalue weighted by atomic mass is 9.95. The molecule has 2 aromatic rings. The van der Waals surface area contributed by atoms with Crippen molar-refractivity contribution in [1.29, 1.82) is 0 Å². The summed E-state index contributed by atoms with van der Waals surface area (Å²) < 4.78 is 11.1. The van der Waals surface area contributed by atoms with Gasteiger partial charge in [-0.05, 0) is 23.8 Å². The smallest absolute Gasteiger partial charge is 0.159 e. The number of nitrogens with one attached hydrogen (secondary N) is 1. The normalized spacial score (nSPS) is 15.9. The molecule has 1 N–H and O–H groups in total. The fraction of sp³-hybridized carbons (Fsp3) is 0.400. The van der Waals surface area contributed by atoms with Crippen LogP contribution in [0.1, 0.15) is 24.8 Å². The number of hydrogen-bond donors (Lipinski definition) is 1. The van der Waals surface area contributed by atoms with Crippen LogP contribution in [-0.2, 0) is 15.6 Å². The average molecular weight is 309 g/mol. The number of hydrogen-bond acceptors (Lipinski definition) is 3. The fourth-order valence-corrected chi connectivity index (χ4v) is 4.37. The van der Waals surface area contributed by atoms with Crippen LogP contribution in [0.2, 0.25) is 0 Å². The summed E-state index contributed by atoms with van der Waals surface area (Å²) in [7, 11) is -1.12. The first kappa shape index (κ1) is 15.3. The maximum absolute atomic E-state index is 12.2. The molecule has 0 fully saturated rings. The zero-order chi connectivity index (χ0) is 14.7. The maximum atomic E-state index is 12.2. The van der Waals surface area contributed by atoms with Gasteiger partial charge < -0.3 is 4.98 Å². The third-order valence-corrected chi connectivity index (χ3v) is 6.39. The van der Waals surface area contributed by atoms with E-state index < -0.39 is 15.4 Å². The third-order valence-electron chi connectivity index (χ3n) is 3.44. The summed E-state index contributed by atoms with van der Waals surface area (Å²) >= 11 is 1.37. The molecule has 3 atom stereocenters. The van der Waals surface area contributed by atoms with Crippen molar-refractivity contribution in [3.8, 4) is 0 Å². The highest BCUT2D eigenvalue weighted by Gasteiger charge is 2.24. The Labute approximate surface area is 126 Å². The first-order chi connectivity index (χ1) is 9.54. The molecule has 20 heavy (non-hydrogen) atoms. The molecule has 2 rings (SSSR count). The number of Topliss-reactive ketones (excluding diaryl/α,β-unsaturated/α-hetero) is 1. The molecule has 0 spiro atoms. The zero-order valence-electron chi connectivity index (χ0n) is 11.9. The highest BCUT2D eigenvalue weighted by atomic mass is 32.2. The van der Waals surface area contributed by atoms with Crippen LogP contribution in [-0.4, -0.2) is 32.1 Å². The van der Waals surface area contributed by atoms with Gasteiger partial charge in [-0.15, -0.1) is 11.8 Å². The van der Waals surface area contributed by atoms with Crippen molar-refractivity contribution in [3.05, 3.63) is 36.0 Å². The van der Waals surface area contributed by atoms with Crippen LogP contribution in [0.4, 0.5) is 0 Å². The van der Waals surface area contributed by atoms with E-state index in [1.165, 1.54) is 11.8 Å². The van der Waals surface area contributed by atoms with Crippen LogP contribution in [0.5, 0.6) is 0 Å². The monoisotopic (exact) mass is 309 g/mol. The number of benzene rings is 1. The molecule has 0 aliphatic carbocycles. The van der Waals surface area contributed by atoms with E-state index in [4.69, 9.17) is 0 Å². The summed E-state index contributed by atoms with van der Waals surface area (Å²) in [5.74, 6) is 0.188. The van der Waals surface area contributed by atoms with Gasteiger partial charge in [0, 0.05) is 40.6 Å². The van der Waals surface area contributed by atoms with Gasteiger partial charge in [0.2, 0.25) is 0 Å². The second-order valence-electron chi connectivity index (χ2n) is 4.93. The molecule has 108 valence electrons. The molecule has 0 aliphatic rings. The number of aromatic amines is 1. The fourth-order valence-electron chi connectivity index (χ4n) is 2.46. The van der Waals surface area contributed by atoms with Gasteiger partial charge in [0.15, 0.2) is 5.78 Å². The molecule has 0 bridgehead atoms. The Morgan fingerprint density at radius 3 is 2.75 bits per heavy atom. The van der Waals surface area contributed by atoms with E-state index in [9.17, 15) is 9.00 Å². The number of thioether (sulfide) groups is 1. The number of para-hydroxylation sites is 1. The molecule has 1 aromatic heterocycles. The molecule has 3 unspecified atom stereocenters. The predicted molar refractivity (Wildman–Crippen MR) is 87.7 cm³/mol. The van der Waals surface area contributed by atoms with Gasteiger partial charge in [-0.25, -0.2) is 0 Å². The maximum Gasteiger partial charge on any atom is 0.159 e. The van der Waals surface area contributed by atoms with Crippen molar-refractivity contribution < 1.29 is 9.00 Å². The molecule has 0 aliphatic heterocycles.